The van der Waals surface area contributed by atoms with E-state index in [9.17, 15) is 9.59 Å². The Morgan fingerprint density at radius 2 is 1.75 bits per heavy atom. The molecule has 2 aliphatic heterocycles. The molecule has 2 fully saturated rings. The number of piperidine rings is 1. The number of hydrogen-bond acceptors (Lipinski definition) is 7. The highest BCUT2D eigenvalue weighted by Crippen LogP contribution is 2.41. The molecular formula is C26H26N6O2S2. The first-order chi connectivity index (χ1) is 17.5. The Bertz CT molecular complexity index is 1430. The predicted octanol–water partition coefficient (Wildman–Crippen LogP) is 5.28. The summed E-state index contributed by atoms with van der Waals surface area (Å²) in [6.07, 6.45) is 2.76. The summed E-state index contributed by atoms with van der Waals surface area (Å²) in [6.45, 7) is 4.74. The van der Waals surface area contributed by atoms with Crippen LogP contribution in [-0.4, -0.2) is 62.5 Å². The lowest BCUT2D eigenvalue weighted by Crippen LogP contribution is -2.46. The number of likely N-dealkylation sites (tertiary alicyclic amines) is 2. The van der Waals surface area contributed by atoms with Crippen LogP contribution < -0.4 is 5.32 Å². The quantitative estimate of drug-likeness (QED) is 0.398. The van der Waals surface area contributed by atoms with Gasteiger partial charge >= 0.3 is 6.03 Å². The number of aryl methyl sites for hydroxylation is 1. The molecule has 2 aromatic heterocycles. The van der Waals surface area contributed by atoms with Crippen molar-refractivity contribution in [3.8, 4) is 9.88 Å². The minimum absolute atomic E-state index is 0.0133. The van der Waals surface area contributed by atoms with Crippen LogP contribution in [-0.2, 0) is 0 Å². The van der Waals surface area contributed by atoms with E-state index in [1.165, 1.54) is 22.9 Å². The second-order valence-electron chi connectivity index (χ2n) is 9.65. The molecule has 2 aliphatic rings. The largest absolute Gasteiger partial charge is 0.337 e. The number of amides is 3. The van der Waals surface area contributed by atoms with E-state index in [-0.39, 0.29) is 17.4 Å². The van der Waals surface area contributed by atoms with E-state index in [0.717, 1.165) is 64.4 Å². The van der Waals surface area contributed by atoms with Gasteiger partial charge in [-0.3, -0.25) is 4.79 Å². The third kappa shape index (κ3) is 4.24. The van der Waals surface area contributed by atoms with Crippen molar-refractivity contribution in [2.24, 2.45) is 5.41 Å². The maximum atomic E-state index is 13.2. The van der Waals surface area contributed by atoms with Crippen molar-refractivity contribution in [3.05, 3.63) is 59.2 Å². The van der Waals surface area contributed by atoms with Gasteiger partial charge in [-0.1, -0.05) is 40.9 Å². The van der Waals surface area contributed by atoms with Gasteiger partial charge in [0.05, 0.1) is 11.4 Å². The molecule has 0 saturated carbocycles. The smallest absolute Gasteiger partial charge is 0.321 e. The molecule has 8 nitrogen and oxygen atoms in total. The third-order valence-corrected chi connectivity index (χ3v) is 9.26. The van der Waals surface area contributed by atoms with Gasteiger partial charge in [0.1, 0.15) is 15.6 Å². The summed E-state index contributed by atoms with van der Waals surface area (Å²) in [6, 6.07) is 14.0. The van der Waals surface area contributed by atoms with Crippen LogP contribution in [0, 0.1) is 12.3 Å². The van der Waals surface area contributed by atoms with Crippen LogP contribution in [0.15, 0.2) is 47.8 Å². The number of fused-ring (bicyclic) bond motifs is 1. The second-order valence-corrected chi connectivity index (χ2v) is 11.3. The number of nitrogens with one attached hydrogen (secondary N) is 1. The Hall–Kier alpha value is -3.37. The van der Waals surface area contributed by atoms with E-state index in [2.05, 4.69) is 19.9 Å². The van der Waals surface area contributed by atoms with Crippen LogP contribution in [0.2, 0.25) is 0 Å². The van der Waals surface area contributed by atoms with Gasteiger partial charge in [0.2, 0.25) is 0 Å². The lowest BCUT2D eigenvalue weighted by molar-refractivity contribution is 0.0735. The van der Waals surface area contributed by atoms with Gasteiger partial charge in [0, 0.05) is 36.9 Å². The summed E-state index contributed by atoms with van der Waals surface area (Å²) in [4.78, 5) is 35.6. The van der Waals surface area contributed by atoms with Crippen molar-refractivity contribution in [1.29, 1.82) is 0 Å². The van der Waals surface area contributed by atoms with Crippen LogP contribution in [0.4, 0.5) is 10.5 Å². The summed E-state index contributed by atoms with van der Waals surface area (Å²) in [5.41, 5.74) is 2.24. The topological polar surface area (TPSA) is 91.3 Å². The van der Waals surface area contributed by atoms with Crippen LogP contribution in [0.5, 0.6) is 0 Å². The lowest BCUT2D eigenvalue weighted by Gasteiger charge is -2.39. The minimum atomic E-state index is -0.0602. The molecule has 0 aliphatic carbocycles. The number of rotatable bonds is 3. The Balaban J connectivity index is 1.07. The second kappa shape index (κ2) is 9.25. The van der Waals surface area contributed by atoms with Gasteiger partial charge < -0.3 is 15.1 Å². The fourth-order valence-corrected chi connectivity index (χ4v) is 6.88. The van der Waals surface area contributed by atoms with Crippen LogP contribution in [0.1, 0.15) is 35.4 Å². The van der Waals surface area contributed by atoms with Gasteiger partial charge in [-0.25, -0.2) is 9.78 Å². The summed E-state index contributed by atoms with van der Waals surface area (Å²) < 4.78 is 3.97. The number of thiazole rings is 1. The van der Waals surface area contributed by atoms with Crippen molar-refractivity contribution in [2.75, 3.05) is 31.5 Å². The summed E-state index contributed by atoms with van der Waals surface area (Å²) in [7, 11) is 0. The molecule has 36 heavy (non-hydrogen) atoms. The number of benzene rings is 2. The number of nitrogens with zero attached hydrogens (tertiary/aromatic N) is 5. The third-order valence-electron chi connectivity index (χ3n) is 7.44. The zero-order valence-electron chi connectivity index (χ0n) is 19.9. The first-order valence-corrected chi connectivity index (χ1v) is 13.7. The molecule has 184 valence electrons. The highest BCUT2D eigenvalue weighted by molar-refractivity contribution is 7.18. The van der Waals surface area contributed by atoms with Gasteiger partial charge in [-0.2, -0.15) is 0 Å². The van der Waals surface area contributed by atoms with Crippen molar-refractivity contribution in [3.63, 3.8) is 0 Å². The number of carbonyl (C=O) groups is 2. The number of urea groups is 1. The van der Waals surface area contributed by atoms with E-state index >= 15 is 0 Å². The average molecular weight is 519 g/mol. The standard InChI is InChI=1S/C26H26N6O2S2/c1-17-22(36-30-29-17)23-27-21(15-35-23)24(33)32-14-11-26(16-32)9-12-31(13-10-26)25(34)28-20-8-4-6-18-5-2-3-7-19(18)20/h2-8,15H,9-14,16H2,1H3,(H,28,34). The predicted molar refractivity (Wildman–Crippen MR) is 142 cm³/mol. The van der Waals surface area contributed by atoms with Crippen molar-refractivity contribution in [2.45, 2.75) is 26.2 Å². The Morgan fingerprint density at radius 3 is 2.53 bits per heavy atom. The first kappa shape index (κ1) is 23.1. The van der Waals surface area contributed by atoms with Crippen LogP contribution >= 0.6 is 22.9 Å². The molecule has 1 N–H and O–H groups in total. The molecule has 2 aromatic carbocycles. The van der Waals surface area contributed by atoms with E-state index in [0.29, 0.717) is 18.8 Å². The lowest BCUT2D eigenvalue weighted by atomic mass is 9.78. The molecule has 1 spiro atoms. The SMILES string of the molecule is Cc1nnsc1-c1nc(C(=O)N2CCC3(CCN(C(=O)Nc4cccc5ccccc45)CC3)C2)cs1. The number of aromatic nitrogens is 3. The van der Waals surface area contributed by atoms with Gasteiger partial charge in [-0.15, -0.1) is 16.4 Å². The zero-order chi connectivity index (χ0) is 24.7. The summed E-state index contributed by atoms with van der Waals surface area (Å²) in [5.74, 6) is -0.0133. The molecule has 0 unspecified atom stereocenters. The number of carbonyl (C=O) groups excluding carboxylic acids is 2. The monoisotopic (exact) mass is 518 g/mol. The molecule has 6 rings (SSSR count). The Morgan fingerprint density at radius 1 is 1.00 bits per heavy atom. The highest BCUT2D eigenvalue weighted by Gasteiger charge is 2.43. The van der Waals surface area contributed by atoms with E-state index in [4.69, 9.17) is 0 Å². The molecule has 0 atom stereocenters. The normalized spacial score (nSPS) is 17.1. The maximum absolute atomic E-state index is 13.2. The first-order valence-electron chi connectivity index (χ1n) is 12.1. The molecule has 4 heterocycles. The van der Waals surface area contributed by atoms with Gasteiger partial charge in [0.25, 0.3) is 5.91 Å². The van der Waals surface area contributed by atoms with E-state index in [1.807, 2.05) is 64.6 Å². The minimum Gasteiger partial charge on any atom is -0.337 e. The Kier molecular flexibility index (Phi) is 5.93. The Labute approximate surface area is 217 Å². The maximum Gasteiger partial charge on any atom is 0.321 e. The fourth-order valence-electron chi connectivity index (χ4n) is 5.30. The van der Waals surface area contributed by atoms with Crippen molar-refractivity contribution >= 4 is 51.3 Å². The van der Waals surface area contributed by atoms with Crippen LogP contribution in [0.25, 0.3) is 20.7 Å². The molecule has 3 amide bonds. The van der Waals surface area contributed by atoms with Gasteiger partial charge in [-0.05, 0) is 54.6 Å². The van der Waals surface area contributed by atoms with E-state index in [1.54, 1.807) is 0 Å². The molecular weight excluding hydrogens is 492 g/mol. The van der Waals surface area contributed by atoms with Crippen molar-refractivity contribution < 1.29 is 9.59 Å². The summed E-state index contributed by atoms with van der Waals surface area (Å²) >= 11 is 2.77. The molecule has 0 radical (unpaired) electrons. The average Bonchev–Trinajstić information content (AvgIpc) is 3.65. The fraction of sp³-hybridized carbons (Fsp3) is 0.346. The molecule has 2 saturated heterocycles. The molecule has 4 aromatic rings. The van der Waals surface area contributed by atoms with Crippen molar-refractivity contribution in [1.82, 2.24) is 24.4 Å². The summed E-state index contributed by atoms with van der Waals surface area (Å²) in [5, 5.41) is 11.9. The molecule has 10 heteroatoms. The van der Waals surface area contributed by atoms with Gasteiger partial charge in [0.15, 0.2) is 0 Å². The number of anilines is 1. The van der Waals surface area contributed by atoms with E-state index < -0.39 is 0 Å². The highest BCUT2D eigenvalue weighted by atomic mass is 32.1. The molecule has 0 bridgehead atoms. The van der Waals surface area contributed by atoms with Crippen LogP contribution in [0.3, 0.4) is 0 Å². The number of hydrogen-bond donors (Lipinski definition) is 1. The zero-order valence-corrected chi connectivity index (χ0v) is 21.6.